The molecule has 6 N–H and O–H groups in total. The van der Waals surface area contributed by atoms with Gasteiger partial charge in [0.2, 0.25) is 0 Å². The Hall–Kier alpha value is -2.94. The van der Waals surface area contributed by atoms with Gasteiger partial charge in [0.1, 0.15) is 0 Å². The predicted molar refractivity (Wildman–Crippen MR) is 90.6 cm³/mol. The maximum atomic E-state index is 6.11. The summed E-state index contributed by atoms with van der Waals surface area (Å²) in [6.07, 6.45) is 0. The van der Waals surface area contributed by atoms with Crippen LogP contribution < -0.4 is 17.2 Å². The number of hydrogen-bond donors (Lipinski definition) is 3. The second-order valence-electron chi connectivity index (χ2n) is 5.05. The molecular weight excluding hydrogens is 258 g/mol. The minimum atomic E-state index is 0.743. The average Bonchev–Trinajstić information content (AvgIpc) is 2.50. The van der Waals surface area contributed by atoms with Crippen LogP contribution in [0, 0.1) is 0 Å². The Morgan fingerprint density at radius 1 is 0.476 bits per heavy atom. The van der Waals surface area contributed by atoms with E-state index in [1.165, 1.54) is 0 Å². The van der Waals surface area contributed by atoms with Crippen LogP contribution in [0.5, 0.6) is 0 Å². The highest BCUT2D eigenvalue weighted by atomic mass is 14.6. The summed E-state index contributed by atoms with van der Waals surface area (Å²) in [7, 11) is 0. The Morgan fingerprint density at radius 2 is 0.952 bits per heavy atom. The third-order valence-corrected chi connectivity index (χ3v) is 3.52. The van der Waals surface area contributed by atoms with Gasteiger partial charge in [-0.2, -0.15) is 0 Å². The van der Waals surface area contributed by atoms with E-state index in [1.807, 2.05) is 60.7 Å². The zero-order valence-corrected chi connectivity index (χ0v) is 11.6. The first-order valence-corrected chi connectivity index (χ1v) is 6.75. The number of hydrogen-bond acceptors (Lipinski definition) is 3. The predicted octanol–water partition coefficient (Wildman–Crippen LogP) is 3.77. The number of benzene rings is 3. The standard InChI is InChI=1S/C18H17N3/c19-15-6-1-12(2-7-15)14-5-10-18(21)17(11-14)13-3-8-16(20)9-4-13/h1-11H,19-21H2. The highest BCUT2D eigenvalue weighted by Gasteiger charge is 2.06. The normalized spacial score (nSPS) is 10.5. The van der Waals surface area contributed by atoms with Crippen LogP contribution in [-0.2, 0) is 0 Å². The van der Waals surface area contributed by atoms with Crippen molar-refractivity contribution in [2.45, 2.75) is 0 Å². The third-order valence-electron chi connectivity index (χ3n) is 3.52. The highest BCUT2D eigenvalue weighted by molar-refractivity contribution is 5.82. The summed E-state index contributed by atoms with van der Waals surface area (Å²) in [5.41, 5.74) is 24.1. The van der Waals surface area contributed by atoms with E-state index in [2.05, 4.69) is 6.07 Å². The Bertz CT molecular complexity index is 759. The Labute approximate surface area is 124 Å². The smallest absolute Gasteiger partial charge is 0.0394 e. The number of nitrogen functional groups attached to an aromatic ring is 3. The van der Waals surface area contributed by atoms with E-state index in [0.29, 0.717) is 0 Å². The molecule has 0 aliphatic heterocycles. The first-order chi connectivity index (χ1) is 10.1. The molecule has 0 unspecified atom stereocenters. The molecule has 3 heteroatoms. The van der Waals surface area contributed by atoms with Gasteiger partial charge in [-0.25, -0.2) is 0 Å². The van der Waals surface area contributed by atoms with E-state index < -0.39 is 0 Å². The van der Waals surface area contributed by atoms with Gasteiger partial charge in [0.15, 0.2) is 0 Å². The van der Waals surface area contributed by atoms with Crippen molar-refractivity contribution in [1.82, 2.24) is 0 Å². The van der Waals surface area contributed by atoms with E-state index in [-0.39, 0.29) is 0 Å². The molecule has 21 heavy (non-hydrogen) atoms. The van der Waals surface area contributed by atoms with Crippen LogP contribution in [0.4, 0.5) is 17.1 Å². The first-order valence-electron chi connectivity index (χ1n) is 6.75. The second-order valence-corrected chi connectivity index (χ2v) is 5.05. The molecule has 0 radical (unpaired) electrons. The molecule has 0 aromatic heterocycles. The van der Waals surface area contributed by atoms with Gasteiger partial charge < -0.3 is 17.2 Å². The fourth-order valence-electron chi connectivity index (χ4n) is 2.32. The zero-order chi connectivity index (χ0) is 14.8. The van der Waals surface area contributed by atoms with E-state index in [1.54, 1.807) is 0 Å². The van der Waals surface area contributed by atoms with Gasteiger partial charge in [0.05, 0.1) is 0 Å². The van der Waals surface area contributed by atoms with E-state index in [0.717, 1.165) is 39.3 Å². The van der Waals surface area contributed by atoms with Gasteiger partial charge in [-0.3, -0.25) is 0 Å². The highest BCUT2D eigenvalue weighted by Crippen LogP contribution is 2.31. The number of anilines is 3. The Morgan fingerprint density at radius 3 is 1.52 bits per heavy atom. The molecule has 0 amide bonds. The summed E-state index contributed by atoms with van der Waals surface area (Å²) in [5, 5.41) is 0. The lowest BCUT2D eigenvalue weighted by molar-refractivity contribution is 1.58. The summed E-state index contributed by atoms with van der Waals surface area (Å²) in [4.78, 5) is 0. The Kier molecular flexibility index (Phi) is 3.24. The maximum Gasteiger partial charge on any atom is 0.0394 e. The monoisotopic (exact) mass is 275 g/mol. The molecule has 0 saturated carbocycles. The molecule has 104 valence electrons. The third kappa shape index (κ3) is 2.67. The van der Waals surface area contributed by atoms with Crippen LogP contribution >= 0.6 is 0 Å². The molecule has 0 bridgehead atoms. The average molecular weight is 275 g/mol. The van der Waals surface area contributed by atoms with Crippen molar-refractivity contribution in [1.29, 1.82) is 0 Å². The van der Waals surface area contributed by atoms with Gasteiger partial charge in [-0.1, -0.05) is 30.3 Å². The lowest BCUT2D eigenvalue weighted by Crippen LogP contribution is -1.92. The van der Waals surface area contributed by atoms with Crippen LogP contribution in [0.1, 0.15) is 0 Å². The summed E-state index contributed by atoms with van der Waals surface area (Å²) in [5.74, 6) is 0. The van der Waals surface area contributed by atoms with Gasteiger partial charge in [-0.15, -0.1) is 0 Å². The fraction of sp³-hybridized carbons (Fsp3) is 0. The summed E-state index contributed by atoms with van der Waals surface area (Å²) in [6.45, 7) is 0. The summed E-state index contributed by atoms with van der Waals surface area (Å²) < 4.78 is 0. The molecule has 0 spiro atoms. The van der Waals surface area contributed by atoms with Gasteiger partial charge in [0.25, 0.3) is 0 Å². The van der Waals surface area contributed by atoms with E-state index >= 15 is 0 Å². The van der Waals surface area contributed by atoms with E-state index in [4.69, 9.17) is 17.2 Å². The lowest BCUT2D eigenvalue weighted by atomic mass is 9.97. The van der Waals surface area contributed by atoms with Crippen molar-refractivity contribution >= 4 is 17.1 Å². The van der Waals surface area contributed by atoms with Crippen molar-refractivity contribution in [3.63, 3.8) is 0 Å². The minimum Gasteiger partial charge on any atom is -0.399 e. The van der Waals surface area contributed by atoms with Crippen LogP contribution in [0.25, 0.3) is 22.3 Å². The SMILES string of the molecule is Nc1ccc(-c2ccc(N)c(-c3ccc(N)cc3)c2)cc1. The molecule has 3 nitrogen and oxygen atoms in total. The molecular formula is C18H17N3. The first kappa shape index (κ1) is 13.1. The number of nitrogens with two attached hydrogens (primary N) is 3. The summed E-state index contributed by atoms with van der Waals surface area (Å²) in [6, 6.07) is 21.6. The van der Waals surface area contributed by atoms with Crippen molar-refractivity contribution < 1.29 is 0 Å². The summed E-state index contributed by atoms with van der Waals surface area (Å²) >= 11 is 0. The molecule has 0 atom stereocenters. The minimum absolute atomic E-state index is 0.743. The Balaban J connectivity index is 2.07. The molecule has 0 aliphatic rings. The van der Waals surface area contributed by atoms with Crippen molar-refractivity contribution in [3.05, 3.63) is 66.7 Å². The van der Waals surface area contributed by atoms with Crippen LogP contribution in [-0.4, -0.2) is 0 Å². The van der Waals surface area contributed by atoms with Crippen molar-refractivity contribution in [3.8, 4) is 22.3 Å². The molecule has 3 aromatic carbocycles. The van der Waals surface area contributed by atoms with Crippen molar-refractivity contribution in [2.75, 3.05) is 17.2 Å². The van der Waals surface area contributed by atoms with Gasteiger partial charge in [-0.05, 0) is 53.1 Å². The molecule has 3 aromatic rings. The largest absolute Gasteiger partial charge is 0.399 e. The van der Waals surface area contributed by atoms with Crippen molar-refractivity contribution in [2.24, 2.45) is 0 Å². The van der Waals surface area contributed by atoms with Gasteiger partial charge >= 0.3 is 0 Å². The number of rotatable bonds is 2. The van der Waals surface area contributed by atoms with E-state index in [9.17, 15) is 0 Å². The van der Waals surface area contributed by atoms with Crippen LogP contribution in [0.3, 0.4) is 0 Å². The maximum absolute atomic E-state index is 6.11. The lowest BCUT2D eigenvalue weighted by Gasteiger charge is -2.10. The molecule has 0 fully saturated rings. The van der Waals surface area contributed by atoms with Crippen LogP contribution in [0.2, 0.25) is 0 Å². The van der Waals surface area contributed by atoms with Crippen LogP contribution in [0.15, 0.2) is 66.7 Å². The quantitative estimate of drug-likeness (QED) is 0.623. The molecule has 3 rings (SSSR count). The topological polar surface area (TPSA) is 78.1 Å². The molecule has 0 heterocycles. The molecule has 0 aliphatic carbocycles. The fourth-order valence-corrected chi connectivity index (χ4v) is 2.32. The zero-order valence-electron chi connectivity index (χ0n) is 11.6. The van der Waals surface area contributed by atoms with Gasteiger partial charge in [0, 0.05) is 22.6 Å². The molecule has 0 saturated heterocycles. The second kappa shape index (κ2) is 5.21.